The number of benzene rings is 1. The second-order valence-corrected chi connectivity index (χ2v) is 5.22. The zero-order valence-electron chi connectivity index (χ0n) is 13.5. The third kappa shape index (κ3) is 5.03. The summed E-state index contributed by atoms with van der Waals surface area (Å²) in [4.78, 5) is 22.6. The van der Waals surface area contributed by atoms with Gasteiger partial charge in [-0.1, -0.05) is 0 Å². The van der Waals surface area contributed by atoms with Gasteiger partial charge in [0.25, 0.3) is 0 Å². The number of methoxy groups -OCH3 is 2. The quantitative estimate of drug-likeness (QED) is 0.687. The Morgan fingerprint density at radius 1 is 1.17 bits per heavy atom. The van der Waals surface area contributed by atoms with Gasteiger partial charge in [0.05, 0.1) is 20.8 Å². The fourth-order valence-electron chi connectivity index (χ4n) is 1.80. The van der Waals surface area contributed by atoms with Crippen molar-refractivity contribution in [2.45, 2.75) is 25.5 Å². The summed E-state index contributed by atoms with van der Waals surface area (Å²) < 4.78 is 15.6. The molecule has 128 valence electrons. The van der Waals surface area contributed by atoms with Gasteiger partial charge in [-0.2, -0.15) is 0 Å². The number of amides is 1. The van der Waals surface area contributed by atoms with E-state index in [0.29, 0.717) is 17.1 Å². The van der Waals surface area contributed by atoms with Crippen LogP contribution in [-0.2, 0) is 15.1 Å². The van der Waals surface area contributed by atoms with Gasteiger partial charge >= 0.3 is 12.1 Å². The number of hydrogen-bond donors (Lipinski definition) is 3. The summed E-state index contributed by atoms with van der Waals surface area (Å²) in [6.45, 7) is 2.53. The second kappa shape index (κ2) is 7.68. The highest BCUT2D eigenvalue weighted by atomic mass is 16.6. The van der Waals surface area contributed by atoms with Crippen LogP contribution in [0.5, 0.6) is 11.5 Å². The van der Waals surface area contributed by atoms with E-state index in [2.05, 4.69) is 5.32 Å². The fourth-order valence-corrected chi connectivity index (χ4v) is 1.80. The minimum absolute atomic E-state index is 0.523. The van der Waals surface area contributed by atoms with Crippen molar-refractivity contribution in [2.75, 3.05) is 20.8 Å². The standard InChI is InChI=1S/C15H21NO7/c1-15(2,23-14(20)16-12(8-17)13(18)19)9-5-10(21-3)7-11(6-9)22-4/h5-7,12,17H,8H2,1-4H3,(H,16,20)(H,18,19)/t12-/m0/s1. The van der Waals surface area contributed by atoms with Gasteiger partial charge in [-0.15, -0.1) is 0 Å². The average Bonchev–Trinajstić information content (AvgIpc) is 2.51. The molecular weight excluding hydrogens is 306 g/mol. The van der Waals surface area contributed by atoms with Crippen LogP contribution < -0.4 is 14.8 Å². The lowest BCUT2D eigenvalue weighted by atomic mass is 9.97. The van der Waals surface area contributed by atoms with Gasteiger partial charge in [-0.25, -0.2) is 9.59 Å². The predicted octanol–water partition coefficient (Wildman–Crippen LogP) is 1.11. The summed E-state index contributed by atoms with van der Waals surface area (Å²) in [7, 11) is 3.00. The zero-order valence-corrected chi connectivity index (χ0v) is 13.5. The number of hydrogen-bond acceptors (Lipinski definition) is 6. The van der Waals surface area contributed by atoms with Crippen LogP contribution in [0.2, 0.25) is 0 Å². The van der Waals surface area contributed by atoms with Gasteiger partial charge in [-0.05, 0) is 26.0 Å². The average molecular weight is 327 g/mol. The van der Waals surface area contributed by atoms with Crippen LogP contribution in [0.3, 0.4) is 0 Å². The number of ether oxygens (including phenoxy) is 3. The number of aliphatic hydroxyl groups is 1. The van der Waals surface area contributed by atoms with Gasteiger partial charge in [0.2, 0.25) is 0 Å². The molecule has 0 bridgehead atoms. The minimum atomic E-state index is -1.43. The first-order chi connectivity index (χ1) is 10.7. The normalized spacial score (nSPS) is 12.2. The number of carbonyl (C=O) groups excluding carboxylic acids is 1. The Bertz CT molecular complexity index is 549. The molecule has 0 aliphatic rings. The van der Waals surface area contributed by atoms with Crippen molar-refractivity contribution in [1.29, 1.82) is 0 Å². The van der Waals surface area contributed by atoms with Crippen molar-refractivity contribution < 1.29 is 34.0 Å². The molecular formula is C15H21NO7. The Hall–Kier alpha value is -2.48. The Labute approximate surface area is 134 Å². The molecule has 0 fully saturated rings. The molecule has 8 nitrogen and oxygen atoms in total. The van der Waals surface area contributed by atoms with Gasteiger partial charge in [0.15, 0.2) is 6.04 Å². The van der Waals surface area contributed by atoms with E-state index in [9.17, 15) is 9.59 Å². The van der Waals surface area contributed by atoms with E-state index in [1.807, 2.05) is 0 Å². The van der Waals surface area contributed by atoms with Gasteiger partial charge < -0.3 is 29.7 Å². The lowest BCUT2D eigenvalue weighted by molar-refractivity contribution is -0.140. The van der Waals surface area contributed by atoms with E-state index >= 15 is 0 Å². The van der Waals surface area contributed by atoms with Gasteiger partial charge in [-0.3, -0.25) is 0 Å². The first-order valence-electron chi connectivity index (χ1n) is 6.80. The van der Waals surface area contributed by atoms with E-state index in [1.165, 1.54) is 14.2 Å². The summed E-state index contributed by atoms with van der Waals surface area (Å²) in [5.74, 6) is -0.310. The van der Waals surface area contributed by atoms with Crippen LogP contribution >= 0.6 is 0 Å². The molecule has 0 saturated heterocycles. The van der Waals surface area contributed by atoms with E-state index in [0.717, 1.165) is 0 Å². The molecule has 1 aromatic carbocycles. The number of carboxylic acids is 1. The molecule has 23 heavy (non-hydrogen) atoms. The maximum absolute atomic E-state index is 11.8. The minimum Gasteiger partial charge on any atom is -0.497 e. The number of aliphatic hydroxyl groups excluding tert-OH is 1. The summed E-state index contributed by atoms with van der Waals surface area (Å²) in [5.41, 5.74) is -0.482. The highest BCUT2D eigenvalue weighted by Crippen LogP contribution is 2.32. The van der Waals surface area contributed by atoms with E-state index in [4.69, 9.17) is 24.4 Å². The van der Waals surface area contributed by atoms with E-state index < -0.39 is 30.3 Å². The van der Waals surface area contributed by atoms with Crippen molar-refractivity contribution in [1.82, 2.24) is 5.32 Å². The number of rotatable bonds is 7. The van der Waals surface area contributed by atoms with Crippen LogP contribution in [0.25, 0.3) is 0 Å². The molecule has 1 atom stereocenters. The Morgan fingerprint density at radius 2 is 1.70 bits per heavy atom. The van der Waals surface area contributed by atoms with Crippen LogP contribution in [-0.4, -0.2) is 49.1 Å². The lowest BCUT2D eigenvalue weighted by Crippen LogP contribution is -2.45. The molecule has 0 aliphatic carbocycles. The Balaban J connectivity index is 2.94. The molecule has 0 saturated carbocycles. The summed E-state index contributed by atoms with van der Waals surface area (Å²) in [5, 5.41) is 19.8. The summed E-state index contributed by atoms with van der Waals surface area (Å²) in [6.07, 6.45) is -0.960. The molecule has 0 aromatic heterocycles. The predicted molar refractivity (Wildman–Crippen MR) is 80.7 cm³/mol. The molecule has 1 amide bonds. The molecule has 1 rings (SSSR count). The van der Waals surface area contributed by atoms with Gasteiger partial charge in [0.1, 0.15) is 17.1 Å². The van der Waals surface area contributed by atoms with Crippen LogP contribution in [0.15, 0.2) is 18.2 Å². The molecule has 0 aliphatic heterocycles. The zero-order chi connectivity index (χ0) is 17.6. The number of aliphatic carboxylic acids is 1. The van der Waals surface area contributed by atoms with Crippen molar-refractivity contribution in [3.05, 3.63) is 23.8 Å². The first-order valence-corrected chi connectivity index (χ1v) is 6.80. The molecule has 0 heterocycles. The summed E-state index contributed by atoms with van der Waals surface area (Å²) >= 11 is 0. The van der Waals surface area contributed by atoms with Crippen molar-refractivity contribution in [3.8, 4) is 11.5 Å². The van der Waals surface area contributed by atoms with E-state index in [1.54, 1.807) is 32.0 Å². The number of nitrogens with one attached hydrogen (secondary N) is 1. The first kappa shape index (κ1) is 18.6. The highest BCUT2D eigenvalue weighted by Gasteiger charge is 2.29. The number of carbonyl (C=O) groups is 2. The molecule has 1 aromatic rings. The maximum Gasteiger partial charge on any atom is 0.408 e. The second-order valence-electron chi connectivity index (χ2n) is 5.22. The largest absolute Gasteiger partial charge is 0.497 e. The summed E-state index contributed by atoms with van der Waals surface area (Å²) in [6, 6.07) is 3.59. The molecule has 8 heteroatoms. The SMILES string of the molecule is COc1cc(OC)cc(C(C)(C)OC(=O)N[C@@H](CO)C(=O)O)c1. The lowest BCUT2D eigenvalue weighted by Gasteiger charge is -2.27. The van der Waals surface area contributed by atoms with Crippen molar-refractivity contribution >= 4 is 12.1 Å². The smallest absolute Gasteiger partial charge is 0.408 e. The highest BCUT2D eigenvalue weighted by molar-refractivity contribution is 5.80. The van der Waals surface area contributed by atoms with Crippen LogP contribution in [0, 0.1) is 0 Å². The Morgan fingerprint density at radius 3 is 2.09 bits per heavy atom. The molecule has 0 unspecified atom stereocenters. The Kier molecular flexibility index (Phi) is 6.20. The third-order valence-electron chi connectivity index (χ3n) is 3.17. The fraction of sp³-hybridized carbons (Fsp3) is 0.467. The van der Waals surface area contributed by atoms with Crippen molar-refractivity contribution in [3.63, 3.8) is 0 Å². The van der Waals surface area contributed by atoms with Crippen LogP contribution in [0.1, 0.15) is 19.4 Å². The topological polar surface area (TPSA) is 114 Å². The number of carboxylic acid groups (broad SMARTS) is 1. The molecule has 3 N–H and O–H groups in total. The molecule has 0 radical (unpaired) electrons. The van der Waals surface area contributed by atoms with Gasteiger partial charge in [0, 0.05) is 11.6 Å². The maximum atomic E-state index is 11.8. The van der Waals surface area contributed by atoms with E-state index in [-0.39, 0.29) is 0 Å². The monoisotopic (exact) mass is 327 g/mol. The number of alkyl carbamates (subject to hydrolysis) is 1. The molecule has 0 spiro atoms. The van der Waals surface area contributed by atoms with Crippen LogP contribution in [0.4, 0.5) is 4.79 Å². The van der Waals surface area contributed by atoms with Crippen molar-refractivity contribution in [2.24, 2.45) is 0 Å². The third-order valence-corrected chi connectivity index (χ3v) is 3.17.